The van der Waals surface area contributed by atoms with Gasteiger partial charge >= 0.3 is 6.03 Å². The number of carbonyl (C=O) groups excluding carboxylic acids is 1. The van der Waals surface area contributed by atoms with Gasteiger partial charge < -0.3 is 10.6 Å². The molecule has 0 fully saturated rings. The molecule has 0 atom stereocenters. The summed E-state index contributed by atoms with van der Waals surface area (Å²) in [6.07, 6.45) is 4.16. The number of hydrogen-bond donors (Lipinski definition) is 2. The van der Waals surface area contributed by atoms with Gasteiger partial charge in [0.1, 0.15) is 0 Å². The molecule has 0 aliphatic heterocycles. The minimum atomic E-state index is -0.245. The molecule has 0 unspecified atom stereocenters. The lowest BCUT2D eigenvalue weighted by molar-refractivity contribution is 0.252. The number of aromatic nitrogens is 3. The third-order valence-corrected chi connectivity index (χ3v) is 4.23. The summed E-state index contributed by atoms with van der Waals surface area (Å²) in [4.78, 5) is 16.1. The molecule has 0 saturated heterocycles. The average Bonchev–Trinajstić information content (AvgIpc) is 3.19. The van der Waals surface area contributed by atoms with Crippen LogP contribution in [0.2, 0.25) is 0 Å². The van der Waals surface area contributed by atoms with Crippen LogP contribution >= 0.6 is 11.3 Å². The maximum Gasteiger partial charge on any atom is 0.319 e. The number of rotatable bonds is 5. The molecule has 1 aromatic carbocycles. The molecule has 2 aromatic heterocycles. The van der Waals surface area contributed by atoms with Gasteiger partial charge in [0.05, 0.1) is 35.0 Å². The number of amides is 2. The number of urea groups is 1. The van der Waals surface area contributed by atoms with Crippen LogP contribution in [-0.4, -0.2) is 27.3 Å². The fourth-order valence-corrected chi connectivity index (χ4v) is 3.01. The average molecular weight is 341 g/mol. The summed E-state index contributed by atoms with van der Waals surface area (Å²) in [7, 11) is 0. The van der Waals surface area contributed by atoms with E-state index in [1.807, 2.05) is 24.4 Å². The van der Waals surface area contributed by atoms with E-state index in [2.05, 4.69) is 33.7 Å². The fraction of sp³-hybridized carbons (Fsp3) is 0.235. The number of carbonyl (C=O) groups is 1. The van der Waals surface area contributed by atoms with Crippen molar-refractivity contribution in [3.05, 3.63) is 58.3 Å². The molecule has 124 valence electrons. The highest BCUT2D eigenvalue weighted by Crippen LogP contribution is 2.17. The van der Waals surface area contributed by atoms with Gasteiger partial charge in [-0.2, -0.15) is 5.10 Å². The summed E-state index contributed by atoms with van der Waals surface area (Å²) >= 11 is 1.55. The summed E-state index contributed by atoms with van der Waals surface area (Å²) < 4.78 is 1.76. The Hall–Kier alpha value is -2.67. The predicted molar refractivity (Wildman–Crippen MR) is 95.9 cm³/mol. The number of aryl methyl sites for hydroxylation is 2. The molecule has 0 radical (unpaired) electrons. The molecular formula is C17H19N5OS. The van der Waals surface area contributed by atoms with E-state index in [1.165, 1.54) is 5.56 Å². The number of benzene rings is 1. The van der Waals surface area contributed by atoms with Gasteiger partial charge in [-0.3, -0.25) is 0 Å². The lowest BCUT2D eigenvalue weighted by Gasteiger charge is -2.07. The molecule has 0 aliphatic rings. The number of anilines is 1. The zero-order chi connectivity index (χ0) is 16.9. The van der Waals surface area contributed by atoms with Gasteiger partial charge in [-0.25, -0.2) is 14.5 Å². The second-order valence-electron chi connectivity index (χ2n) is 5.57. The maximum absolute atomic E-state index is 11.9. The number of nitrogens with one attached hydrogen (secondary N) is 2. The molecule has 6 nitrogen and oxygen atoms in total. The highest BCUT2D eigenvalue weighted by molar-refractivity contribution is 7.07. The monoisotopic (exact) mass is 341 g/mol. The molecule has 3 rings (SSSR count). The van der Waals surface area contributed by atoms with E-state index in [1.54, 1.807) is 33.9 Å². The first-order valence-electron chi connectivity index (χ1n) is 7.66. The summed E-state index contributed by atoms with van der Waals surface area (Å²) in [6, 6.07) is 5.93. The van der Waals surface area contributed by atoms with Crippen molar-refractivity contribution < 1.29 is 4.79 Å². The van der Waals surface area contributed by atoms with Crippen molar-refractivity contribution in [3.8, 4) is 5.69 Å². The first-order valence-corrected chi connectivity index (χ1v) is 8.60. The van der Waals surface area contributed by atoms with E-state index in [-0.39, 0.29) is 6.03 Å². The van der Waals surface area contributed by atoms with E-state index >= 15 is 0 Å². The summed E-state index contributed by atoms with van der Waals surface area (Å²) in [6.45, 7) is 4.64. The molecule has 0 bridgehead atoms. The zero-order valence-electron chi connectivity index (χ0n) is 13.6. The normalized spacial score (nSPS) is 10.6. The predicted octanol–water partition coefficient (Wildman–Crippen LogP) is 3.31. The Morgan fingerprint density at radius 3 is 2.96 bits per heavy atom. The minimum absolute atomic E-state index is 0.245. The highest BCUT2D eigenvalue weighted by Gasteiger charge is 2.07. The van der Waals surface area contributed by atoms with Crippen LogP contribution in [0.1, 0.15) is 16.8 Å². The first-order chi connectivity index (χ1) is 11.6. The standard InChI is InChI=1S/C17H19N5OS/c1-12-3-4-16(13(2)7-12)22-9-15(8-20-22)21-17(23)18-6-5-14-10-24-11-19-14/h3-4,7-11H,5-6H2,1-2H3,(H2,18,21,23). The number of thiazole rings is 1. The first kappa shape index (κ1) is 16.2. The van der Waals surface area contributed by atoms with Crippen molar-refractivity contribution in [1.29, 1.82) is 0 Å². The van der Waals surface area contributed by atoms with Crippen molar-refractivity contribution in [2.75, 3.05) is 11.9 Å². The van der Waals surface area contributed by atoms with Gasteiger partial charge in [-0.15, -0.1) is 11.3 Å². The quantitative estimate of drug-likeness (QED) is 0.748. The maximum atomic E-state index is 11.9. The van der Waals surface area contributed by atoms with Crippen LogP contribution in [0.4, 0.5) is 10.5 Å². The summed E-state index contributed by atoms with van der Waals surface area (Å²) in [5.74, 6) is 0. The lowest BCUT2D eigenvalue weighted by atomic mass is 10.1. The van der Waals surface area contributed by atoms with E-state index in [9.17, 15) is 4.79 Å². The Bertz CT molecular complexity index is 825. The molecule has 7 heteroatoms. The van der Waals surface area contributed by atoms with Gasteiger partial charge in [0.2, 0.25) is 0 Å². The van der Waals surface area contributed by atoms with Crippen LogP contribution in [-0.2, 0) is 6.42 Å². The lowest BCUT2D eigenvalue weighted by Crippen LogP contribution is -2.30. The topological polar surface area (TPSA) is 71.8 Å². The van der Waals surface area contributed by atoms with Crippen molar-refractivity contribution >= 4 is 23.1 Å². The van der Waals surface area contributed by atoms with Gasteiger partial charge in [0, 0.05) is 18.3 Å². The van der Waals surface area contributed by atoms with Crippen molar-refractivity contribution in [2.24, 2.45) is 0 Å². The Kier molecular flexibility index (Phi) is 4.90. The van der Waals surface area contributed by atoms with Crippen molar-refractivity contribution in [2.45, 2.75) is 20.3 Å². The van der Waals surface area contributed by atoms with Crippen molar-refractivity contribution in [3.63, 3.8) is 0 Å². The van der Waals surface area contributed by atoms with Crippen LogP contribution in [0.15, 0.2) is 41.5 Å². The van der Waals surface area contributed by atoms with Crippen LogP contribution in [0.3, 0.4) is 0 Å². The smallest absolute Gasteiger partial charge is 0.319 e. The molecule has 24 heavy (non-hydrogen) atoms. The molecule has 3 aromatic rings. The Labute approximate surface area is 144 Å². The highest BCUT2D eigenvalue weighted by atomic mass is 32.1. The number of nitrogens with zero attached hydrogens (tertiary/aromatic N) is 3. The van der Waals surface area contributed by atoms with E-state index < -0.39 is 0 Å². The second kappa shape index (κ2) is 7.27. The summed E-state index contributed by atoms with van der Waals surface area (Å²) in [5.41, 5.74) is 6.77. The van der Waals surface area contributed by atoms with Gasteiger partial charge in [0.25, 0.3) is 0 Å². The zero-order valence-corrected chi connectivity index (χ0v) is 14.4. The molecule has 2 amide bonds. The Balaban J connectivity index is 1.56. The SMILES string of the molecule is Cc1ccc(-n2cc(NC(=O)NCCc3cscn3)cn2)c(C)c1. The summed E-state index contributed by atoms with van der Waals surface area (Å²) in [5, 5.41) is 11.9. The van der Waals surface area contributed by atoms with E-state index in [0.717, 1.165) is 23.4 Å². The van der Waals surface area contributed by atoms with Gasteiger partial charge in [-0.1, -0.05) is 17.7 Å². The molecule has 2 N–H and O–H groups in total. The van der Waals surface area contributed by atoms with E-state index in [4.69, 9.17) is 0 Å². The molecule has 2 heterocycles. The Morgan fingerprint density at radius 2 is 2.21 bits per heavy atom. The number of hydrogen-bond acceptors (Lipinski definition) is 4. The molecule has 0 spiro atoms. The van der Waals surface area contributed by atoms with Crippen LogP contribution in [0, 0.1) is 13.8 Å². The van der Waals surface area contributed by atoms with Gasteiger partial charge in [0.15, 0.2) is 0 Å². The van der Waals surface area contributed by atoms with Crippen molar-refractivity contribution in [1.82, 2.24) is 20.1 Å². The van der Waals surface area contributed by atoms with Crippen LogP contribution in [0.5, 0.6) is 0 Å². The van der Waals surface area contributed by atoms with Crippen LogP contribution < -0.4 is 10.6 Å². The molecule has 0 aliphatic carbocycles. The van der Waals surface area contributed by atoms with Crippen LogP contribution in [0.25, 0.3) is 5.69 Å². The van der Waals surface area contributed by atoms with Gasteiger partial charge in [-0.05, 0) is 25.5 Å². The Morgan fingerprint density at radius 1 is 1.33 bits per heavy atom. The largest absolute Gasteiger partial charge is 0.337 e. The third-order valence-electron chi connectivity index (χ3n) is 3.59. The molecular weight excluding hydrogens is 322 g/mol. The minimum Gasteiger partial charge on any atom is -0.337 e. The fourth-order valence-electron chi connectivity index (χ4n) is 2.42. The van der Waals surface area contributed by atoms with E-state index in [0.29, 0.717) is 12.2 Å². The second-order valence-corrected chi connectivity index (χ2v) is 6.29. The molecule has 0 saturated carbocycles. The third kappa shape index (κ3) is 3.99.